The van der Waals surface area contributed by atoms with E-state index in [0.717, 1.165) is 27.8 Å². The molecule has 0 aromatic heterocycles. The van der Waals surface area contributed by atoms with Gasteiger partial charge in [-0.3, -0.25) is 9.59 Å². The van der Waals surface area contributed by atoms with Crippen LogP contribution in [0.3, 0.4) is 0 Å². The summed E-state index contributed by atoms with van der Waals surface area (Å²) in [6.07, 6.45) is -0.750. The topological polar surface area (TPSA) is 122 Å². The number of benzene rings is 3. The Morgan fingerprint density at radius 2 is 1.38 bits per heavy atom. The number of Topliss-reactive ketones (excluding diaryl/α,β-unsaturated/α-hetero) is 1. The minimum atomic E-state index is -1.16. The van der Waals surface area contributed by atoms with E-state index in [4.69, 9.17) is 4.74 Å². The Morgan fingerprint density at radius 1 is 0.821 bits per heavy atom. The minimum Gasteiger partial charge on any atom is -0.480 e. The summed E-state index contributed by atoms with van der Waals surface area (Å²) in [6.45, 7) is 3.20. The summed E-state index contributed by atoms with van der Waals surface area (Å²) in [6, 6.07) is 23.0. The van der Waals surface area contributed by atoms with Crippen molar-refractivity contribution in [2.24, 2.45) is 5.92 Å². The standard InChI is InChI=1S/C31H32N2O6/c1-19(29(35)33-27(30(36)37)17-21-10-4-3-5-11-21)16-28(34)20(2)32-31(38)39-18-26-24-14-8-6-12-22(24)23-13-7-9-15-25(23)26/h3-15,19-20,26-27H,16-18H2,1-2H3,(H,32,38)(H,33,35)(H,36,37). The third kappa shape index (κ3) is 6.71. The molecular weight excluding hydrogens is 496 g/mol. The van der Waals surface area contributed by atoms with Crippen LogP contribution in [0, 0.1) is 5.92 Å². The van der Waals surface area contributed by atoms with Crippen molar-refractivity contribution < 1.29 is 29.0 Å². The molecule has 0 saturated carbocycles. The quantitative estimate of drug-likeness (QED) is 0.341. The highest BCUT2D eigenvalue weighted by molar-refractivity contribution is 5.92. The maximum absolute atomic E-state index is 12.7. The Bertz CT molecular complexity index is 1310. The number of fused-ring (bicyclic) bond motifs is 3. The van der Waals surface area contributed by atoms with E-state index >= 15 is 0 Å². The zero-order valence-electron chi connectivity index (χ0n) is 21.9. The summed E-state index contributed by atoms with van der Waals surface area (Å²) in [5.74, 6) is -2.94. The fraction of sp³-hybridized carbons (Fsp3) is 0.290. The average molecular weight is 529 g/mol. The van der Waals surface area contributed by atoms with Crippen LogP contribution in [0.15, 0.2) is 78.9 Å². The smallest absolute Gasteiger partial charge is 0.407 e. The fourth-order valence-corrected chi connectivity index (χ4v) is 4.83. The molecule has 3 N–H and O–H groups in total. The van der Waals surface area contributed by atoms with Gasteiger partial charge in [-0.25, -0.2) is 9.59 Å². The van der Waals surface area contributed by atoms with Crippen molar-refractivity contribution >= 4 is 23.8 Å². The van der Waals surface area contributed by atoms with Gasteiger partial charge in [-0.15, -0.1) is 0 Å². The van der Waals surface area contributed by atoms with Gasteiger partial charge in [0.2, 0.25) is 5.91 Å². The molecular formula is C31H32N2O6. The number of carboxylic acid groups (broad SMARTS) is 1. The van der Waals surface area contributed by atoms with Gasteiger partial charge in [0, 0.05) is 24.7 Å². The van der Waals surface area contributed by atoms with E-state index in [1.54, 1.807) is 31.2 Å². The third-order valence-corrected chi connectivity index (χ3v) is 7.01. The third-order valence-electron chi connectivity index (χ3n) is 7.01. The molecule has 39 heavy (non-hydrogen) atoms. The van der Waals surface area contributed by atoms with E-state index in [-0.39, 0.29) is 31.1 Å². The number of hydrogen-bond donors (Lipinski definition) is 3. The summed E-state index contributed by atoms with van der Waals surface area (Å²) in [5, 5.41) is 14.6. The van der Waals surface area contributed by atoms with Crippen LogP contribution < -0.4 is 10.6 Å². The van der Waals surface area contributed by atoms with E-state index in [2.05, 4.69) is 10.6 Å². The number of ketones is 1. The van der Waals surface area contributed by atoms with Gasteiger partial charge in [-0.05, 0) is 34.7 Å². The first-order valence-corrected chi connectivity index (χ1v) is 13.0. The molecule has 2 amide bonds. The number of nitrogens with one attached hydrogen (secondary N) is 2. The molecule has 3 unspecified atom stereocenters. The number of carbonyl (C=O) groups excluding carboxylic acids is 3. The Kier molecular flexibility index (Phi) is 8.76. The van der Waals surface area contributed by atoms with Crippen molar-refractivity contribution in [3.8, 4) is 11.1 Å². The number of hydrogen-bond acceptors (Lipinski definition) is 5. The number of ether oxygens (including phenoxy) is 1. The summed E-state index contributed by atoms with van der Waals surface area (Å²) in [7, 11) is 0. The molecule has 0 heterocycles. The van der Waals surface area contributed by atoms with Gasteiger partial charge in [-0.2, -0.15) is 0 Å². The Hall–Kier alpha value is -4.46. The normalized spacial score (nSPS) is 14.3. The van der Waals surface area contributed by atoms with Crippen LogP contribution in [0.1, 0.15) is 42.9 Å². The zero-order chi connectivity index (χ0) is 27.9. The maximum atomic E-state index is 12.7. The average Bonchev–Trinajstić information content (AvgIpc) is 3.25. The second-order valence-corrected chi connectivity index (χ2v) is 9.85. The van der Waals surface area contributed by atoms with Crippen LogP contribution in [0.25, 0.3) is 11.1 Å². The summed E-state index contributed by atoms with van der Waals surface area (Å²) < 4.78 is 5.50. The Balaban J connectivity index is 1.27. The molecule has 1 aliphatic carbocycles. The Morgan fingerprint density at radius 3 is 1.97 bits per heavy atom. The van der Waals surface area contributed by atoms with Crippen molar-refractivity contribution in [2.75, 3.05) is 6.61 Å². The number of amides is 2. The van der Waals surface area contributed by atoms with Gasteiger partial charge in [0.1, 0.15) is 12.6 Å². The minimum absolute atomic E-state index is 0.101. The molecule has 8 nitrogen and oxygen atoms in total. The number of aliphatic carboxylic acids is 1. The van der Waals surface area contributed by atoms with Gasteiger partial charge in [0.15, 0.2) is 5.78 Å². The monoisotopic (exact) mass is 528 g/mol. The molecule has 0 aliphatic heterocycles. The van der Waals surface area contributed by atoms with Crippen LogP contribution >= 0.6 is 0 Å². The van der Waals surface area contributed by atoms with Gasteiger partial charge in [0.05, 0.1) is 6.04 Å². The SMILES string of the molecule is CC(CC(=O)C(C)NC(=O)OCC1c2ccccc2-c2ccccc21)C(=O)NC(Cc1ccccc1)C(=O)O. The molecule has 0 bridgehead atoms. The fourth-order valence-electron chi connectivity index (χ4n) is 4.83. The zero-order valence-corrected chi connectivity index (χ0v) is 21.9. The lowest BCUT2D eigenvalue weighted by atomic mass is 9.98. The number of alkyl carbamates (subject to hydrolysis) is 1. The van der Waals surface area contributed by atoms with Crippen molar-refractivity contribution in [1.29, 1.82) is 0 Å². The maximum Gasteiger partial charge on any atom is 0.407 e. The number of rotatable bonds is 11. The van der Waals surface area contributed by atoms with Crippen molar-refractivity contribution in [1.82, 2.24) is 10.6 Å². The second kappa shape index (κ2) is 12.4. The highest BCUT2D eigenvalue weighted by Crippen LogP contribution is 2.44. The van der Waals surface area contributed by atoms with Gasteiger partial charge in [0.25, 0.3) is 0 Å². The molecule has 8 heteroatoms. The predicted molar refractivity (Wildman–Crippen MR) is 146 cm³/mol. The summed E-state index contributed by atoms with van der Waals surface area (Å²) in [5.41, 5.74) is 5.18. The van der Waals surface area contributed by atoms with Gasteiger partial charge < -0.3 is 20.5 Å². The van der Waals surface area contributed by atoms with E-state index in [0.29, 0.717) is 0 Å². The molecule has 0 fully saturated rings. The summed E-state index contributed by atoms with van der Waals surface area (Å²) >= 11 is 0. The largest absolute Gasteiger partial charge is 0.480 e. The predicted octanol–water partition coefficient (Wildman–Crippen LogP) is 4.32. The molecule has 0 radical (unpaired) electrons. The number of carboxylic acids is 1. The van der Waals surface area contributed by atoms with E-state index in [1.807, 2.05) is 54.6 Å². The van der Waals surface area contributed by atoms with Crippen molar-refractivity contribution in [2.45, 2.75) is 44.7 Å². The molecule has 0 saturated heterocycles. The lowest BCUT2D eigenvalue weighted by molar-refractivity contribution is -0.142. The van der Waals surface area contributed by atoms with E-state index < -0.39 is 36.0 Å². The first-order chi connectivity index (χ1) is 18.7. The van der Waals surface area contributed by atoms with Crippen LogP contribution in [0.2, 0.25) is 0 Å². The first-order valence-electron chi connectivity index (χ1n) is 13.0. The van der Waals surface area contributed by atoms with Crippen molar-refractivity contribution in [3.05, 3.63) is 95.6 Å². The molecule has 3 aromatic rings. The summed E-state index contributed by atoms with van der Waals surface area (Å²) in [4.78, 5) is 49.6. The van der Waals surface area contributed by atoms with Gasteiger partial charge >= 0.3 is 12.1 Å². The lowest BCUT2D eigenvalue weighted by Gasteiger charge is -2.20. The Labute approximate surface area is 227 Å². The first kappa shape index (κ1) is 27.6. The van der Waals surface area contributed by atoms with Crippen LogP contribution in [0.4, 0.5) is 4.79 Å². The van der Waals surface area contributed by atoms with Crippen LogP contribution in [-0.4, -0.2) is 47.6 Å². The highest BCUT2D eigenvalue weighted by atomic mass is 16.5. The highest BCUT2D eigenvalue weighted by Gasteiger charge is 2.30. The molecule has 4 rings (SSSR count). The number of carbonyl (C=O) groups is 4. The van der Waals surface area contributed by atoms with Gasteiger partial charge in [-0.1, -0.05) is 85.8 Å². The lowest BCUT2D eigenvalue weighted by Crippen LogP contribution is -2.46. The molecule has 202 valence electrons. The molecule has 3 aromatic carbocycles. The van der Waals surface area contributed by atoms with E-state index in [1.165, 1.54) is 6.92 Å². The van der Waals surface area contributed by atoms with E-state index in [9.17, 15) is 24.3 Å². The second-order valence-electron chi connectivity index (χ2n) is 9.85. The molecule has 3 atom stereocenters. The van der Waals surface area contributed by atoms with Crippen LogP contribution in [0.5, 0.6) is 0 Å². The molecule has 0 spiro atoms. The van der Waals surface area contributed by atoms with Crippen molar-refractivity contribution in [3.63, 3.8) is 0 Å². The van der Waals surface area contributed by atoms with Crippen LogP contribution in [-0.2, 0) is 25.5 Å². The molecule has 1 aliphatic rings.